The fraction of sp³-hybridized carbons (Fsp3) is 0.100. The number of ether oxygens (including phenoxy) is 6. The molecule has 0 saturated heterocycles. The van der Waals surface area contributed by atoms with Crippen molar-refractivity contribution in [2.24, 2.45) is 0 Å². The van der Waals surface area contributed by atoms with Crippen molar-refractivity contribution in [2.45, 2.75) is 0 Å². The first-order valence-corrected chi connectivity index (χ1v) is 11.4. The highest BCUT2D eigenvalue weighted by atomic mass is 16.5. The highest BCUT2D eigenvalue weighted by molar-refractivity contribution is 5.36. The van der Waals surface area contributed by atoms with Crippen LogP contribution in [0, 0.1) is 37.0 Å². The number of aromatic nitrogens is 3. The monoisotopic (exact) mass is 519 g/mol. The van der Waals surface area contributed by atoms with Gasteiger partial charge in [0.25, 0.3) is 0 Å². The Balaban J connectivity index is 1.55. The smallest absolute Gasteiger partial charge is 0.331 e. The Hall–Kier alpha value is -5.85. The van der Waals surface area contributed by atoms with Crippen molar-refractivity contribution < 1.29 is 28.4 Å². The molecule has 1 aromatic heterocycles. The minimum atomic E-state index is -0.0600. The van der Waals surface area contributed by atoms with Gasteiger partial charge in [-0.15, -0.1) is 34.2 Å². The van der Waals surface area contributed by atoms with Crippen molar-refractivity contribution in [3.8, 4) is 89.6 Å². The molecule has 0 N–H and O–H groups in total. The van der Waals surface area contributed by atoms with Crippen LogP contribution < -0.4 is 28.4 Å². The van der Waals surface area contributed by atoms with Crippen molar-refractivity contribution >= 4 is 0 Å². The normalized spacial score (nSPS) is 9.77. The maximum Gasteiger partial charge on any atom is 0.331 e. The van der Waals surface area contributed by atoms with E-state index in [0.29, 0.717) is 34.5 Å². The average molecular weight is 520 g/mol. The third-order valence-corrected chi connectivity index (χ3v) is 4.64. The summed E-state index contributed by atoms with van der Waals surface area (Å²) in [6.07, 6.45) is 15.7. The fourth-order valence-electron chi connectivity index (χ4n) is 2.96. The van der Waals surface area contributed by atoms with Crippen molar-refractivity contribution in [3.63, 3.8) is 0 Å². The molecule has 4 aromatic rings. The molecule has 0 aliphatic rings. The van der Waals surface area contributed by atoms with Gasteiger partial charge in [0.15, 0.2) is 0 Å². The average Bonchev–Trinajstić information content (AvgIpc) is 2.96. The van der Waals surface area contributed by atoms with Gasteiger partial charge in [-0.25, -0.2) is 0 Å². The minimum absolute atomic E-state index is 0.0600. The summed E-state index contributed by atoms with van der Waals surface area (Å²) in [4.78, 5) is 12.8. The van der Waals surface area contributed by atoms with Gasteiger partial charge in [0.2, 0.25) is 0 Å². The minimum Gasteiger partial charge on any atom is -0.481 e. The first-order chi connectivity index (χ1) is 19.1. The second kappa shape index (κ2) is 13.5. The van der Waals surface area contributed by atoms with Crippen LogP contribution in [0.4, 0.5) is 0 Å². The molecule has 39 heavy (non-hydrogen) atoms. The van der Waals surface area contributed by atoms with Crippen LogP contribution in [0.3, 0.4) is 0 Å². The molecule has 0 aliphatic heterocycles. The van der Waals surface area contributed by atoms with E-state index in [1.165, 1.54) is 0 Å². The fourth-order valence-corrected chi connectivity index (χ4v) is 2.96. The molecule has 0 spiro atoms. The molecule has 0 aliphatic carbocycles. The zero-order chi connectivity index (χ0) is 27.3. The van der Waals surface area contributed by atoms with Gasteiger partial charge in [-0.3, -0.25) is 0 Å². The van der Waals surface area contributed by atoms with Crippen molar-refractivity contribution in [1.82, 2.24) is 15.0 Å². The summed E-state index contributed by atoms with van der Waals surface area (Å²) >= 11 is 0. The van der Waals surface area contributed by atoms with Gasteiger partial charge in [0.1, 0.15) is 54.3 Å². The molecule has 1 heterocycles. The molecule has 9 nitrogen and oxygen atoms in total. The number of rotatable bonds is 12. The Morgan fingerprint density at radius 1 is 0.410 bits per heavy atom. The molecule has 0 amide bonds. The van der Waals surface area contributed by atoms with Crippen LogP contribution in [-0.4, -0.2) is 34.8 Å². The van der Waals surface area contributed by atoms with Gasteiger partial charge in [-0.05, 0) is 72.8 Å². The topological polar surface area (TPSA) is 94.1 Å². The Labute approximate surface area is 225 Å². The van der Waals surface area contributed by atoms with Crippen LogP contribution in [-0.2, 0) is 0 Å². The van der Waals surface area contributed by atoms with E-state index in [0.717, 1.165) is 0 Å². The third-order valence-electron chi connectivity index (χ3n) is 4.64. The van der Waals surface area contributed by atoms with Crippen LogP contribution in [0.2, 0.25) is 0 Å². The lowest BCUT2D eigenvalue weighted by atomic mass is 10.3. The molecule has 4 rings (SSSR count). The summed E-state index contributed by atoms with van der Waals surface area (Å²) in [6, 6.07) is 20.1. The molecule has 0 unspecified atom stereocenters. The first-order valence-electron chi connectivity index (χ1n) is 11.4. The zero-order valence-corrected chi connectivity index (χ0v) is 20.6. The first kappa shape index (κ1) is 26.2. The second-order valence-electron chi connectivity index (χ2n) is 7.38. The zero-order valence-electron chi connectivity index (χ0n) is 20.6. The summed E-state index contributed by atoms with van der Waals surface area (Å²) in [7, 11) is 0. The number of terminal acetylenes is 3. The van der Waals surface area contributed by atoms with E-state index in [-0.39, 0.29) is 37.9 Å². The van der Waals surface area contributed by atoms with E-state index < -0.39 is 0 Å². The summed E-state index contributed by atoms with van der Waals surface area (Å²) < 4.78 is 33.6. The predicted octanol–water partition coefficient (Wildman–Crippen LogP) is 5.28. The van der Waals surface area contributed by atoms with E-state index in [2.05, 4.69) is 32.7 Å². The maximum absolute atomic E-state index is 5.83. The van der Waals surface area contributed by atoms with Crippen LogP contribution in [0.15, 0.2) is 72.8 Å². The van der Waals surface area contributed by atoms with Gasteiger partial charge in [0.05, 0.1) is 0 Å². The van der Waals surface area contributed by atoms with Gasteiger partial charge in [-0.2, -0.15) is 0 Å². The van der Waals surface area contributed by atoms with Crippen LogP contribution in [0.1, 0.15) is 0 Å². The van der Waals surface area contributed by atoms with Gasteiger partial charge in [0, 0.05) is 0 Å². The molecule has 3 aromatic carbocycles. The Morgan fingerprint density at radius 3 is 0.872 bits per heavy atom. The van der Waals surface area contributed by atoms with Gasteiger partial charge < -0.3 is 28.4 Å². The largest absolute Gasteiger partial charge is 0.481 e. The maximum atomic E-state index is 5.83. The molecule has 0 fully saturated rings. The summed E-state index contributed by atoms with van der Waals surface area (Å²) in [6.45, 7) is 0.468. The summed E-state index contributed by atoms with van der Waals surface area (Å²) in [5.74, 6) is 10.3. The van der Waals surface area contributed by atoms with E-state index in [1.807, 2.05) is 0 Å². The molecule has 0 saturated carbocycles. The van der Waals surface area contributed by atoms with E-state index in [1.54, 1.807) is 72.8 Å². The molecular formula is C30H21N3O6. The van der Waals surface area contributed by atoms with Crippen molar-refractivity contribution in [1.29, 1.82) is 0 Å². The number of benzene rings is 3. The van der Waals surface area contributed by atoms with Gasteiger partial charge in [-0.1, -0.05) is 17.8 Å². The summed E-state index contributed by atoms with van der Waals surface area (Å²) in [5.41, 5.74) is 0. The van der Waals surface area contributed by atoms with Crippen LogP contribution in [0.25, 0.3) is 0 Å². The lowest BCUT2D eigenvalue weighted by Crippen LogP contribution is -2.01. The summed E-state index contributed by atoms with van der Waals surface area (Å²) in [5, 5.41) is 0. The Bertz CT molecular complexity index is 1300. The predicted molar refractivity (Wildman–Crippen MR) is 142 cm³/mol. The Kier molecular flexibility index (Phi) is 9.05. The highest BCUT2D eigenvalue weighted by Gasteiger charge is 2.13. The third kappa shape index (κ3) is 8.08. The highest BCUT2D eigenvalue weighted by Crippen LogP contribution is 2.29. The Morgan fingerprint density at radius 2 is 0.641 bits per heavy atom. The number of nitrogens with zero attached hydrogens (tertiary/aromatic N) is 3. The lowest BCUT2D eigenvalue weighted by molar-refractivity contribution is 0.355. The van der Waals surface area contributed by atoms with Crippen molar-refractivity contribution in [2.75, 3.05) is 19.8 Å². The molecule has 9 heteroatoms. The van der Waals surface area contributed by atoms with E-state index in [4.69, 9.17) is 47.7 Å². The molecule has 0 atom stereocenters. The van der Waals surface area contributed by atoms with Crippen LogP contribution in [0.5, 0.6) is 52.5 Å². The SMILES string of the molecule is C#CCOc1ccc(Oc2nc(Oc3ccc(OCC#C)cc3)nc(Oc3ccc(OCC#C)cc3)n2)cc1. The quantitative estimate of drug-likeness (QED) is 0.232. The lowest BCUT2D eigenvalue weighted by Gasteiger charge is -2.11. The second-order valence-corrected chi connectivity index (χ2v) is 7.38. The standard InChI is InChI=1S/C30H21N3O6/c1-4-19-34-22-7-13-25(14-8-22)37-28-31-29(38-26-15-9-23(10-16-26)35-20-5-2)33-30(32-28)39-27-17-11-24(12-18-27)36-21-6-3/h1-3,7-18H,19-21H2. The van der Waals surface area contributed by atoms with E-state index >= 15 is 0 Å². The van der Waals surface area contributed by atoms with E-state index in [9.17, 15) is 0 Å². The molecule has 0 bridgehead atoms. The molecular weight excluding hydrogens is 498 g/mol. The van der Waals surface area contributed by atoms with Gasteiger partial charge >= 0.3 is 18.0 Å². The molecule has 0 radical (unpaired) electrons. The number of hydrogen-bond donors (Lipinski definition) is 0. The van der Waals surface area contributed by atoms with Crippen molar-refractivity contribution in [3.05, 3.63) is 72.8 Å². The molecule has 192 valence electrons. The van der Waals surface area contributed by atoms with Crippen LogP contribution >= 0.6 is 0 Å². The number of hydrogen-bond acceptors (Lipinski definition) is 9.